The number of amides is 1. The van der Waals surface area contributed by atoms with Crippen molar-refractivity contribution in [1.29, 1.82) is 0 Å². The first kappa shape index (κ1) is 14.7. The van der Waals surface area contributed by atoms with Gasteiger partial charge in [-0.25, -0.2) is 0 Å². The van der Waals surface area contributed by atoms with E-state index in [1.54, 1.807) is 0 Å². The number of nitro groups is 1. The second kappa shape index (κ2) is 6.55. The molecule has 1 aromatic carbocycles. The van der Waals surface area contributed by atoms with Gasteiger partial charge in [0.15, 0.2) is 11.5 Å². The number of carbonyl (C=O) groups is 1. The Kier molecular flexibility index (Phi) is 5.07. The van der Waals surface area contributed by atoms with Gasteiger partial charge in [-0.05, 0) is 0 Å². The SMILES string of the molecule is COc1cc(C(=O)NCCN)c([N+](=O)[O-])cc1OC. The van der Waals surface area contributed by atoms with E-state index in [-0.39, 0.29) is 35.8 Å². The van der Waals surface area contributed by atoms with Crippen molar-refractivity contribution in [3.05, 3.63) is 27.8 Å². The number of methoxy groups -OCH3 is 2. The fourth-order valence-corrected chi connectivity index (χ4v) is 1.48. The Bertz CT molecular complexity index is 489. The van der Waals surface area contributed by atoms with Crippen LogP contribution in [0, 0.1) is 10.1 Å². The molecule has 0 aliphatic heterocycles. The molecule has 0 saturated carbocycles. The highest BCUT2D eigenvalue weighted by Crippen LogP contribution is 2.34. The van der Waals surface area contributed by atoms with Crippen molar-refractivity contribution in [3.8, 4) is 11.5 Å². The Morgan fingerprint density at radius 2 is 1.95 bits per heavy atom. The fraction of sp³-hybridized carbons (Fsp3) is 0.364. The maximum Gasteiger partial charge on any atom is 0.286 e. The lowest BCUT2D eigenvalue weighted by molar-refractivity contribution is -0.385. The molecule has 0 fully saturated rings. The van der Waals surface area contributed by atoms with E-state index in [4.69, 9.17) is 15.2 Å². The molecular weight excluding hydrogens is 254 g/mol. The van der Waals surface area contributed by atoms with Gasteiger partial charge in [-0.1, -0.05) is 0 Å². The topological polar surface area (TPSA) is 117 Å². The van der Waals surface area contributed by atoms with E-state index in [1.807, 2.05) is 0 Å². The molecule has 0 aromatic heterocycles. The third-order valence-electron chi connectivity index (χ3n) is 2.37. The summed E-state index contributed by atoms with van der Waals surface area (Å²) >= 11 is 0. The van der Waals surface area contributed by atoms with Crippen LogP contribution in [-0.2, 0) is 0 Å². The summed E-state index contributed by atoms with van der Waals surface area (Å²) in [6.07, 6.45) is 0. The fourth-order valence-electron chi connectivity index (χ4n) is 1.48. The molecule has 0 aliphatic carbocycles. The molecule has 0 radical (unpaired) electrons. The number of nitrogens with zero attached hydrogens (tertiary/aromatic N) is 1. The number of nitrogens with two attached hydrogens (primary N) is 1. The summed E-state index contributed by atoms with van der Waals surface area (Å²) in [7, 11) is 2.74. The van der Waals surface area contributed by atoms with Gasteiger partial charge in [0.1, 0.15) is 5.56 Å². The lowest BCUT2D eigenvalue weighted by Gasteiger charge is -2.10. The second-order valence-corrected chi connectivity index (χ2v) is 3.53. The summed E-state index contributed by atoms with van der Waals surface area (Å²) in [6, 6.07) is 2.42. The van der Waals surface area contributed by atoms with Crippen LogP contribution < -0.4 is 20.5 Å². The van der Waals surface area contributed by atoms with E-state index in [1.165, 1.54) is 20.3 Å². The molecule has 1 amide bonds. The van der Waals surface area contributed by atoms with Crippen LogP contribution in [0.5, 0.6) is 11.5 Å². The molecular formula is C11H15N3O5. The first-order valence-corrected chi connectivity index (χ1v) is 5.43. The smallest absolute Gasteiger partial charge is 0.286 e. The van der Waals surface area contributed by atoms with Gasteiger partial charge in [0, 0.05) is 19.2 Å². The lowest BCUT2D eigenvalue weighted by Crippen LogP contribution is -2.29. The van der Waals surface area contributed by atoms with Gasteiger partial charge in [-0.15, -0.1) is 0 Å². The Hall–Kier alpha value is -2.35. The van der Waals surface area contributed by atoms with Crippen LogP contribution in [0.3, 0.4) is 0 Å². The number of carbonyl (C=O) groups excluding carboxylic acids is 1. The minimum atomic E-state index is -0.653. The Labute approximate surface area is 109 Å². The maximum absolute atomic E-state index is 11.8. The van der Waals surface area contributed by atoms with Crippen molar-refractivity contribution in [2.45, 2.75) is 0 Å². The highest BCUT2D eigenvalue weighted by atomic mass is 16.6. The molecule has 0 heterocycles. The summed E-state index contributed by atoms with van der Waals surface area (Å²) in [4.78, 5) is 22.1. The first-order valence-electron chi connectivity index (χ1n) is 5.43. The number of nitro benzene ring substituents is 1. The zero-order valence-electron chi connectivity index (χ0n) is 10.6. The molecule has 104 valence electrons. The third kappa shape index (κ3) is 3.32. The van der Waals surface area contributed by atoms with Crippen LogP contribution in [0.2, 0.25) is 0 Å². The lowest BCUT2D eigenvalue weighted by atomic mass is 10.1. The highest BCUT2D eigenvalue weighted by molar-refractivity contribution is 5.99. The van der Waals surface area contributed by atoms with E-state index in [0.29, 0.717) is 0 Å². The van der Waals surface area contributed by atoms with Crippen molar-refractivity contribution < 1.29 is 19.2 Å². The monoisotopic (exact) mass is 269 g/mol. The largest absolute Gasteiger partial charge is 0.493 e. The van der Waals surface area contributed by atoms with Crippen LogP contribution in [0.15, 0.2) is 12.1 Å². The molecule has 1 rings (SSSR count). The van der Waals surface area contributed by atoms with Crippen molar-refractivity contribution in [2.75, 3.05) is 27.3 Å². The number of nitrogens with one attached hydrogen (secondary N) is 1. The van der Waals surface area contributed by atoms with E-state index in [0.717, 1.165) is 6.07 Å². The predicted molar refractivity (Wildman–Crippen MR) is 67.6 cm³/mol. The van der Waals surface area contributed by atoms with Crippen molar-refractivity contribution in [2.24, 2.45) is 5.73 Å². The maximum atomic E-state index is 11.8. The predicted octanol–water partition coefficient (Wildman–Crippen LogP) is 0.301. The third-order valence-corrected chi connectivity index (χ3v) is 2.37. The van der Waals surface area contributed by atoms with Crippen LogP contribution in [0.1, 0.15) is 10.4 Å². The summed E-state index contributed by atoms with van der Waals surface area (Å²) in [5, 5.41) is 13.4. The average Bonchev–Trinajstić information content (AvgIpc) is 2.42. The Morgan fingerprint density at radius 1 is 1.37 bits per heavy atom. The van der Waals surface area contributed by atoms with Gasteiger partial charge in [0.2, 0.25) is 0 Å². The summed E-state index contributed by atoms with van der Waals surface area (Å²) in [5.74, 6) is -0.159. The molecule has 8 heteroatoms. The molecule has 8 nitrogen and oxygen atoms in total. The number of rotatable bonds is 6. The molecule has 0 spiro atoms. The number of hydrogen-bond acceptors (Lipinski definition) is 6. The summed E-state index contributed by atoms with van der Waals surface area (Å²) in [6.45, 7) is 0.469. The Morgan fingerprint density at radius 3 is 2.42 bits per heavy atom. The highest BCUT2D eigenvalue weighted by Gasteiger charge is 2.24. The molecule has 19 heavy (non-hydrogen) atoms. The van der Waals surface area contributed by atoms with Crippen molar-refractivity contribution in [3.63, 3.8) is 0 Å². The van der Waals surface area contributed by atoms with E-state index in [9.17, 15) is 14.9 Å². The quantitative estimate of drug-likeness (QED) is 0.566. The van der Waals surface area contributed by atoms with Gasteiger partial charge in [0.05, 0.1) is 25.2 Å². The van der Waals surface area contributed by atoms with E-state index in [2.05, 4.69) is 5.32 Å². The zero-order valence-corrected chi connectivity index (χ0v) is 10.6. The zero-order chi connectivity index (χ0) is 14.4. The number of hydrogen-bond donors (Lipinski definition) is 2. The number of ether oxygens (including phenoxy) is 2. The van der Waals surface area contributed by atoms with E-state index < -0.39 is 10.8 Å². The standard InChI is InChI=1S/C11H15N3O5/c1-18-9-5-7(11(15)13-4-3-12)8(14(16)17)6-10(9)19-2/h5-6H,3-4,12H2,1-2H3,(H,13,15). The first-order chi connectivity index (χ1) is 9.04. The average molecular weight is 269 g/mol. The van der Waals surface area contributed by atoms with Gasteiger partial charge in [0.25, 0.3) is 11.6 Å². The van der Waals surface area contributed by atoms with Crippen LogP contribution in [0.4, 0.5) is 5.69 Å². The van der Waals surface area contributed by atoms with Crippen molar-refractivity contribution >= 4 is 11.6 Å². The van der Waals surface area contributed by atoms with Gasteiger partial charge in [-0.3, -0.25) is 14.9 Å². The van der Waals surface area contributed by atoms with Crippen LogP contribution in [0.25, 0.3) is 0 Å². The molecule has 0 unspecified atom stereocenters. The van der Waals surface area contributed by atoms with Gasteiger partial charge in [-0.2, -0.15) is 0 Å². The van der Waals surface area contributed by atoms with Crippen LogP contribution >= 0.6 is 0 Å². The molecule has 3 N–H and O–H groups in total. The normalized spacial score (nSPS) is 9.84. The van der Waals surface area contributed by atoms with E-state index >= 15 is 0 Å². The minimum Gasteiger partial charge on any atom is -0.493 e. The molecule has 0 saturated heterocycles. The summed E-state index contributed by atoms with van der Waals surface area (Å²) < 4.78 is 9.98. The van der Waals surface area contributed by atoms with Gasteiger partial charge >= 0.3 is 0 Å². The Balaban J connectivity index is 3.27. The van der Waals surface area contributed by atoms with Gasteiger partial charge < -0.3 is 20.5 Å². The molecule has 0 aliphatic rings. The number of benzene rings is 1. The minimum absolute atomic E-state index is 0.101. The molecule has 1 aromatic rings. The van der Waals surface area contributed by atoms with Crippen LogP contribution in [-0.4, -0.2) is 38.1 Å². The molecule has 0 atom stereocenters. The summed E-state index contributed by atoms with van der Waals surface area (Å²) in [5.41, 5.74) is 4.81. The molecule has 0 bridgehead atoms. The second-order valence-electron chi connectivity index (χ2n) is 3.53. The van der Waals surface area contributed by atoms with Crippen molar-refractivity contribution in [1.82, 2.24) is 5.32 Å².